The SMILES string of the molecule is CCOCCCN1C(=O)C(SCc2ccco2)=C(c2ccc(Cl)cc2)C1=O. The Morgan fingerprint density at radius 1 is 1.15 bits per heavy atom. The van der Waals surface area contributed by atoms with E-state index in [2.05, 4.69) is 0 Å². The van der Waals surface area contributed by atoms with E-state index in [1.165, 1.54) is 16.7 Å². The molecule has 0 N–H and O–H groups in total. The lowest BCUT2D eigenvalue weighted by atomic mass is 10.1. The molecule has 0 spiro atoms. The molecular weight excluding hydrogens is 386 g/mol. The number of amides is 2. The van der Waals surface area contributed by atoms with Crippen molar-refractivity contribution < 1.29 is 18.7 Å². The van der Waals surface area contributed by atoms with E-state index in [0.29, 0.717) is 53.0 Å². The molecule has 0 saturated heterocycles. The van der Waals surface area contributed by atoms with Crippen LogP contribution in [0.4, 0.5) is 0 Å². The summed E-state index contributed by atoms with van der Waals surface area (Å²) in [6, 6.07) is 10.6. The topological polar surface area (TPSA) is 59.8 Å². The second-order valence-electron chi connectivity index (χ2n) is 5.89. The lowest BCUT2D eigenvalue weighted by Crippen LogP contribution is -2.33. The molecule has 1 aromatic carbocycles. The molecule has 0 radical (unpaired) electrons. The van der Waals surface area contributed by atoms with E-state index in [4.69, 9.17) is 20.8 Å². The summed E-state index contributed by atoms with van der Waals surface area (Å²) in [7, 11) is 0. The molecule has 2 heterocycles. The number of thioether (sulfide) groups is 1. The Hall–Kier alpha value is -2.02. The Morgan fingerprint density at radius 2 is 1.93 bits per heavy atom. The van der Waals surface area contributed by atoms with Crippen molar-refractivity contribution in [3.63, 3.8) is 0 Å². The summed E-state index contributed by atoms with van der Waals surface area (Å²) in [4.78, 5) is 27.6. The van der Waals surface area contributed by atoms with Gasteiger partial charge in [-0.15, -0.1) is 11.8 Å². The third kappa shape index (κ3) is 4.64. The highest BCUT2D eigenvalue weighted by Crippen LogP contribution is 2.37. The van der Waals surface area contributed by atoms with Gasteiger partial charge >= 0.3 is 0 Å². The number of halogens is 1. The minimum absolute atomic E-state index is 0.266. The number of imide groups is 1. The van der Waals surface area contributed by atoms with Gasteiger partial charge in [0.25, 0.3) is 11.8 Å². The largest absolute Gasteiger partial charge is 0.468 e. The molecule has 5 nitrogen and oxygen atoms in total. The summed E-state index contributed by atoms with van der Waals surface area (Å²) in [5.41, 5.74) is 1.11. The lowest BCUT2D eigenvalue weighted by molar-refractivity contribution is -0.136. The van der Waals surface area contributed by atoms with E-state index in [9.17, 15) is 9.59 Å². The zero-order chi connectivity index (χ0) is 19.2. The first-order valence-corrected chi connectivity index (χ1v) is 10.1. The Labute approximate surface area is 167 Å². The van der Waals surface area contributed by atoms with Crippen LogP contribution in [0.15, 0.2) is 52.0 Å². The second-order valence-corrected chi connectivity index (χ2v) is 7.31. The Morgan fingerprint density at radius 3 is 2.59 bits per heavy atom. The first-order valence-electron chi connectivity index (χ1n) is 8.71. The summed E-state index contributed by atoms with van der Waals surface area (Å²) in [5, 5.41) is 0.578. The van der Waals surface area contributed by atoms with Crippen LogP contribution in [0.1, 0.15) is 24.7 Å². The van der Waals surface area contributed by atoms with E-state index in [-0.39, 0.29) is 11.8 Å². The van der Waals surface area contributed by atoms with Gasteiger partial charge in [-0.1, -0.05) is 23.7 Å². The molecule has 0 unspecified atom stereocenters. The number of nitrogens with zero attached hydrogens (tertiary/aromatic N) is 1. The first-order chi connectivity index (χ1) is 13.1. The van der Waals surface area contributed by atoms with Crippen LogP contribution in [-0.4, -0.2) is 36.5 Å². The maximum atomic E-state index is 13.0. The summed E-state index contributed by atoms with van der Waals surface area (Å²) in [6.45, 7) is 3.37. The minimum Gasteiger partial charge on any atom is -0.468 e. The van der Waals surface area contributed by atoms with Gasteiger partial charge in [-0.3, -0.25) is 14.5 Å². The summed E-state index contributed by atoms with van der Waals surface area (Å²) in [5.74, 6) is 0.683. The Kier molecular flexibility index (Phi) is 6.77. The van der Waals surface area contributed by atoms with Gasteiger partial charge in [0, 0.05) is 24.8 Å². The van der Waals surface area contributed by atoms with E-state index in [1.54, 1.807) is 36.6 Å². The molecule has 1 aliphatic rings. The molecule has 0 aliphatic carbocycles. The van der Waals surface area contributed by atoms with Crippen LogP contribution in [-0.2, 0) is 20.1 Å². The molecule has 0 bridgehead atoms. The van der Waals surface area contributed by atoms with Crippen molar-refractivity contribution >= 4 is 40.8 Å². The van der Waals surface area contributed by atoms with Crippen molar-refractivity contribution in [2.24, 2.45) is 0 Å². The van der Waals surface area contributed by atoms with Gasteiger partial charge in [0.2, 0.25) is 0 Å². The van der Waals surface area contributed by atoms with Crippen molar-refractivity contribution in [1.82, 2.24) is 4.90 Å². The number of hydrogen-bond donors (Lipinski definition) is 0. The van der Waals surface area contributed by atoms with Crippen LogP contribution in [0.3, 0.4) is 0 Å². The standard InChI is InChI=1S/C20H20ClNO4S/c1-2-25-11-4-10-22-19(23)17(14-6-8-15(21)9-7-14)18(20(22)24)27-13-16-5-3-12-26-16/h3,5-9,12H,2,4,10-11,13H2,1H3. The fourth-order valence-corrected chi connectivity index (χ4v) is 3.93. The molecule has 1 aromatic heterocycles. The molecule has 0 saturated carbocycles. The molecule has 7 heteroatoms. The smallest absolute Gasteiger partial charge is 0.267 e. The highest BCUT2D eigenvalue weighted by Gasteiger charge is 2.38. The van der Waals surface area contributed by atoms with Gasteiger partial charge in [-0.05, 0) is 43.2 Å². The van der Waals surface area contributed by atoms with Crippen molar-refractivity contribution in [1.29, 1.82) is 0 Å². The average molecular weight is 406 g/mol. The fraction of sp³-hybridized carbons (Fsp3) is 0.300. The monoisotopic (exact) mass is 405 g/mol. The van der Waals surface area contributed by atoms with E-state index in [0.717, 1.165) is 5.76 Å². The molecule has 1 aliphatic heterocycles. The zero-order valence-electron chi connectivity index (χ0n) is 14.9. The van der Waals surface area contributed by atoms with Gasteiger partial charge in [0.05, 0.1) is 22.5 Å². The highest BCUT2D eigenvalue weighted by molar-refractivity contribution is 8.03. The molecule has 3 rings (SSSR count). The van der Waals surface area contributed by atoms with Crippen LogP contribution in [0.5, 0.6) is 0 Å². The molecule has 2 aromatic rings. The van der Waals surface area contributed by atoms with Gasteiger partial charge in [-0.25, -0.2) is 0 Å². The summed E-state index contributed by atoms with van der Waals surface area (Å²) < 4.78 is 10.7. The van der Waals surface area contributed by atoms with Crippen LogP contribution in [0, 0.1) is 0 Å². The fourth-order valence-electron chi connectivity index (χ4n) is 2.77. The number of hydrogen-bond acceptors (Lipinski definition) is 5. The van der Waals surface area contributed by atoms with Gasteiger partial charge in [0.1, 0.15) is 5.76 Å². The Bertz CT molecular complexity index is 830. The number of carbonyl (C=O) groups is 2. The second kappa shape index (κ2) is 9.26. The normalized spacial score (nSPS) is 14.5. The average Bonchev–Trinajstić information content (AvgIpc) is 3.26. The van der Waals surface area contributed by atoms with Crippen molar-refractivity contribution in [3.05, 3.63) is 63.9 Å². The van der Waals surface area contributed by atoms with Crippen LogP contribution < -0.4 is 0 Å². The van der Waals surface area contributed by atoms with E-state index in [1.807, 2.05) is 13.0 Å². The third-order valence-electron chi connectivity index (χ3n) is 4.07. The number of furan rings is 1. The lowest BCUT2D eigenvalue weighted by Gasteiger charge is -2.14. The predicted molar refractivity (Wildman–Crippen MR) is 106 cm³/mol. The number of carbonyl (C=O) groups excluding carboxylic acids is 2. The Balaban J connectivity index is 1.84. The molecule has 2 amide bonds. The van der Waals surface area contributed by atoms with Gasteiger partial charge < -0.3 is 9.15 Å². The summed E-state index contributed by atoms with van der Waals surface area (Å²) >= 11 is 7.28. The maximum absolute atomic E-state index is 13.0. The van der Waals surface area contributed by atoms with Crippen LogP contribution in [0.2, 0.25) is 5.02 Å². The van der Waals surface area contributed by atoms with Crippen molar-refractivity contribution in [2.45, 2.75) is 19.1 Å². The number of rotatable bonds is 9. The third-order valence-corrected chi connectivity index (χ3v) is 5.42. The molecule has 142 valence electrons. The van der Waals surface area contributed by atoms with Gasteiger partial charge in [0.15, 0.2) is 0 Å². The quantitative estimate of drug-likeness (QED) is 0.458. The molecule has 27 heavy (non-hydrogen) atoms. The van der Waals surface area contributed by atoms with Crippen LogP contribution in [0.25, 0.3) is 5.57 Å². The maximum Gasteiger partial charge on any atom is 0.267 e. The summed E-state index contributed by atoms with van der Waals surface area (Å²) in [6.07, 6.45) is 2.20. The van der Waals surface area contributed by atoms with Crippen molar-refractivity contribution in [2.75, 3.05) is 19.8 Å². The molecular formula is C20H20ClNO4S. The minimum atomic E-state index is -0.277. The van der Waals surface area contributed by atoms with Gasteiger partial charge in [-0.2, -0.15) is 0 Å². The predicted octanol–water partition coefficient (Wildman–Crippen LogP) is 4.37. The molecule has 0 atom stereocenters. The first kappa shape index (κ1) is 19.7. The van der Waals surface area contributed by atoms with E-state index >= 15 is 0 Å². The molecule has 0 fully saturated rings. The number of ether oxygens (including phenoxy) is 1. The number of benzene rings is 1. The zero-order valence-corrected chi connectivity index (χ0v) is 16.5. The van der Waals surface area contributed by atoms with Crippen LogP contribution >= 0.6 is 23.4 Å². The highest BCUT2D eigenvalue weighted by atomic mass is 35.5. The van der Waals surface area contributed by atoms with Crippen molar-refractivity contribution in [3.8, 4) is 0 Å². The van der Waals surface area contributed by atoms with E-state index < -0.39 is 0 Å².